The fourth-order valence-electron chi connectivity index (χ4n) is 2.94. The topological polar surface area (TPSA) is 93.1 Å². The minimum Gasteiger partial charge on any atom is -0.497 e. The van der Waals surface area contributed by atoms with E-state index in [1.54, 1.807) is 30.9 Å². The molecule has 8 nitrogen and oxygen atoms in total. The van der Waals surface area contributed by atoms with Gasteiger partial charge in [0.1, 0.15) is 11.6 Å². The summed E-state index contributed by atoms with van der Waals surface area (Å²) >= 11 is 0. The number of amides is 1. The van der Waals surface area contributed by atoms with Crippen molar-refractivity contribution in [3.05, 3.63) is 53.5 Å². The summed E-state index contributed by atoms with van der Waals surface area (Å²) in [7, 11) is 4.58. The van der Waals surface area contributed by atoms with Crippen LogP contribution in [-0.4, -0.2) is 34.8 Å². The van der Waals surface area contributed by atoms with Crippen LogP contribution in [0.3, 0.4) is 0 Å². The molecule has 0 unspecified atom stereocenters. The van der Waals surface area contributed by atoms with Crippen molar-refractivity contribution in [2.45, 2.75) is 13.1 Å². The van der Waals surface area contributed by atoms with Crippen LogP contribution in [0, 0.1) is 6.92 Å². The molecule has 2 aromatic heterocycles. The summed E-state index contributed by atoms with van der Waals surface area (Å²) in [4.78, 5) is 16.1. The SMILES string of the molecule is CNC(=O)c1ccc(OC)cc1Nc1cc(Nc2cn(C)nc2C)ncc1C(F)(F)F. The van der Waals surface area contributed by atoms with Gasteiger partial charge in [-0.15, -0.1) is 0 Å². The van der Waals surface area contributed by atoms with Gasteiger partial charge >= 0.3 is 6.18 Å². The molecule has 164 valence electrons. The average molecular weight is 434 g/mol. The normalized spacial score (nSPS) is 11.2. The summed E-state index contributed by atoms with van der Waals surface area (Å²) in [6.07, 6.45) is -2.24. The third-order valence-electron chi connectivity index (χ3n) is 4.45. The van der Waals surface area contributed by atoms with E-state index < -0.39 is 17.6 Å². The van der Waals surface area contributed by atoms with Crippen molar-refractivity contribution < 1.29 is 22.7 Å². The van der Waals surface area contributed by atoms with E-state index in [0.717, 1.165) is 6.20 Å². The zero-order valence-corrected chi connectivity index (χ0v) is 17.3. The Balaban J connectivity index is 2.06. The fraction of sp³-hybridized carbons (Fsp3) is 0.250. The second kappa shape index (κ2) is 8.54. The van der Waals surface area contributed by atoms with Gasteiger partial charge in [-0.1, -0.05) is 0 Å². The van der Waals surface area contributed by atoms with Crippen molar-refractivity contribution in [2.24, 2.45) is 7.05 Å². The van der Waals surface area contributed by atoms with Gasteiger partial charge < -0.3 is 20.7 Å². The molecule has 11 heteroatoms. The molecule has 0 aliphatic carbocycles. The molecule has 1 aromatic carbocycles. The van der Waals surface area contributed by atoms with Gasteiger partial charge in [-0.05, 0) is 19.1 Å². The number of anilines is 4. The highest BCUT2D eigenvalue weighted by Crippen LogP contribution is 2.38. The summed E-state index contributed by atoms with van der Waals surface area (Å²) in [5.74, 6) is 0.0928. The summed E-state index contributed by atoms with van der Waals surface area (Å²) in [6.45, 7) is 1.76. The highest BCUT2D eigenvalue weighted by Gasteiger charge is 2.34. The van der Waals surface area contributed by atoms with Crippen LogP contribution in [0.4, 0.5) is 36.1 Å². The Bertz CT molecular complexity index is 1110. The van der Waals surface area contributed by atoms with E-state index in [9.17, 15) is 18.0 Å². The van der Waals surface area contributed by atoms with Gasteiger partial charge in [-0.3, -0.25) is 9.48 Å². The number of rotatable bonds is 6. The van der Waals surface area contributed by atoms with Gasteiger partial charge in [-0.2, -0.15) is 18.3 Å². The van der Waals surface area contributed by atoms with E-state index in [1.807, 2.05) is 0 Å². The molecule has 0 atom stereocenters. The molecule has 0 saturated heterocycles. The molecule has 0 radical (unpaired) electrons. The summed E-state index contributed by atoms with van der Waals surface area (Å²) in [5, 5.41) is 12.3. The first-order chi connectivity index (χ1) is 14.6. The van der Waals surface area contributed by atoms with Crippen LogP contribution in [0.15, 0.2) is 36.7 Å². The summed E-state index contributed by atoms with van der Waals surface area (Å²) in [6, 6.07) is 5.68. The lowest BCUT2D eigenvalue weighted by atomic mass is 10.1. The van der Waals surface area contributed by atoms with Gasteiger partial charge in [-0.25, -0.2) is 4.98 Å². The zero-order chi connectivity index (χ0) is 22.8. The van der Waals surface area contributed by atoms with E-state index in [4.69, 9.17) is 4.74 Å². The quantitative estimate of drug-likeness (QED) is 0.543. The van der Waals surface area contributed by atoms with Gasteiger partial charge in [0, 0.05) is 38.6 Å². The molecule has 3 aromatic rings. The predicted molar refractivity (Wildman–Crippen MR) is 110 cm³/mol. The Kier molecular flexibility index (Phi) is 6.04. The van der Waals surface area contributed by atoms with Crippen LogP contribution < -0.4 is 20.7 Å². The first-order valence-corrected chi connectivity index (χ1v) is 9.14. The number of ether oxygens (including phenoxy) is 1. The number of carbonyl (C=O) groups is 1. The van der Waals surface area contributed by atoms with Gasteiger partial charge in [0.25, 0.3) is 5.91 Å². The van der Waals surface area contributed by atoms with Crippen LogP contribution in [0.2, 0.25) is 0 Å². The molecule has 1 amide bonds. The third-order valence-corrected chi connectivity index (χ3v) is 4.45. The maximum absolute atomic E-state index is 13.6. The van der Waals surface area contributed by atoms with Crippen LogP contribution >= 0.6 is 0 Å². The maximum atomic E-state index is 13.6. The van der Waals surface area contributed by atoms with Crippen LogP contribution in [0.25, 0.3) is 0 Å². The third kappa shape index (κ3) is 4.87. The Labute approximate surface area is 176 Å². The van der Waals surface area contributed by atoms with Crippen molar-refractivity contribution in [2.75, 3.05) is 24.8 Å². The molecule has 3 N–H and O–H groups in total. The Morgan fingerprint density at radius 2 is 1.87 bits per heavy atom. The molecule has 0 spiro atoms. The van der Waals surface area contributed by atoms with E-state index in [1.165, 1.54) is 32.4 Å². The number of alkyl halides is 3. The molecular formula is C20H21F3N6O2. The van der Waals surface area contributed by atoms with E-state index in [-0.39, 0.29) is 22.8 Å². The monoisotopic (exact) mass is 434 g/mol. The lowest BCUT2D eigenvalue weighted by Gasteiger charge is -2.18. The van der Waals surface area contributed by atoms with Gasteiger partial charge in [0.2, 0.25) is 0 Å². The number of aryl methyl sites for hydroxylation is 2. The molecule has 3 rings (SSSR count). The number of pyridine rings is 1. The number of benzene rings is 1. The molecule has 0 aliphatic rings. The van der Waals surface area contributed by atoms with Crippen molar-refractivity contribution >= 4 is 28.8 Å². The molecule has 0 fully saturated rings. The Morgan fingerprint density at radius 1 is 1.13 bits per heavy atom. The van der Waals surface area contributed by atoms with Crippen LogP contribution in [0.1, 0.15) is 21.6 Å². The van der Waals surface area contributed by atoms with Crippen LogP contribution in [-0.2, 0) is 13.2 Å². The van der Waals surface area contributed by atoms with Crippen LogP contribution in [0.5, 0.6) is 5.75 Å². The Morgan fingerprint density at radius 3 is 2.45 bits per heavy atom. The standard InChI is InChI=1S/C20H21F3N6O2/c1-11-17(10-29(3)28-11)27-18-8-16(14(9-25-18)20(21,22)23)26-15-7-12(31-4)5-6-13(15)19(30)24-2/h5-10H,1-4H3,(H,24,30)(H2,25,26,27). The first kappa shape index (κ1) is 21.9. The minimum atomic E-state index is -4.66. The smallest absolute Gasteiger partial charge is 0.419 e. The second-order valence-corrected chi connectivity index (χ2v) is 6.66. The molecule has 0 saturated carbocycles. The summed E-state index contributed by atoms with van der Waals surface area (Å²) < 4.78 is 47.6. The average Bonchev–Trinajstić information content (AvgIpc) is 3.03. The molecule has 31 heavy (non-hydrogen) atoms. The highest BCUT2D eigenvalue weighted by atomic mass is 19.4. The number of hydrogen-bond donors (Lipinski definition) is 3. The van der Waals surface area contributed by atoms with E-state index >= 15 is 0 Å². The summed E-state index contributed by atoms with van der Waals surface area (Å²) in [5.41, 5.74) is 0.322. The second-order valence-electron chi connectivity index (χ2n) is 6.66. The van der Waals surface area contributed by atoms with E-state index in [2.05, 4.69) is 26.0 Å². The predicted octanol–water partition coefficient (Wildman–Crippen LogP) is 4.00. The number of carbonyl (C=O) groups excluding carboxylic acids is 1. The highest BCUT2D eigenvalue weighted by molar-refractivity contribution is 6.00. The number of hydrogen-bond acceptors (Lipinski definition) is 6. The molecular weight excluding hydrogens is 413 g/mol. The number of methoxy groups -OCH3 is 1. The van der Waals surface area contributed by atoms with E-state index in [0.29, 0.717) is 17.1 Å². The fourth-order valence-corrected chi connectivity index (χ4v) is 2.94. The lowest BCUT2D eigenvalue weighted by Crippen LogP contribution is -2.19. The number of nitrogens with zero attached hydrogens (tertiary/aromatic N) is 3. The molecule has 0 aliphatic heterocycles. The van der Waals surface area contributed by atoms with Crippen molar-refractivity contribution in [3.63, 3.8) is 0 Å². The largest absolute Gasteiger partial charge is 0.497 e. The van der Waals surface area contributed by atoms with Crippen molar-refractivity contribution in [1.29, 1.82) is 0 Å². The number of halogens is 3. The molecule has 2 heterocycles. The first-order valence-electron chi connectivity index (χ1n) is 9.14. The number of nitrogens with one attached hydrogen (secondary N) is 3. The maximum Gasteiger partial charge on any atom is 0.419 e. The zero-order valence-electron chi connectivity index (χ0n) is 17.3. The van der Waals surface area contributed by atoms with Gasteiger partial charge in [0.15, 0.2) is 0 Å². The van der Waals surface area contributed by atoms with Crippen molar-refractivity contribution in [3.8, 4) is 5.75 Å². The van der Waals surface area contributed by atoms with Gasteiger partial charge in [0.05, 0.1) is 41.0 Å². The molecule has 0 bridgehead atoms. The lowest BCUT2D eigenvalue weighted by molar-refractivity contribution is -0.137. The minimum absolute atomic E-state index is 0.152. The Hall–Kier alpha value is -3.76. The number of aromatic nitrogens is 3. The van der Waals surface area contributed by atoms with Crippen molar-refractivity contribution in [1.82, 2.24) is 20.1 Å².